The normalized spacial score (nSPS) is 9.25. The zero-order chi connectivity index (χ0) is 15.1. The second-order valence-corrected chi connectivity index (χ2v) is 3.47. The Labute approximate surface area is 114 Å². The lowest BCUT2D eigenvalue weighted by Crippen LogP contribution is -1.98. The van der Waals surface area contributed by atoms with Gasteiger partial charge in [0.1, 0.15) is 23.5 Å². The molecule has 104 valence electrons. The summed E-state index contributed by atoms with van der Waals surface area (Å²) in [5.74, 6) is -1.16. The van der Waals surface area contributed by atoms with Gasteiger partial charge in [0.05, 0.1) is 11.1 Å². The Kier molecular flexibility index (Phi) is 5.16. The van der Waals surface area contributed by atoms with Crippen molar-refractivity contribution in [2.24, 2.45) is 0 Å². The van der Waals surface area contributed by atoms with Crippen molar-refractivity contribution >= 4 is 28.4 Å². The number of aliphatic carboxylic acids is 1. The van der Waals surface area contributed by atoms with Gasteiger partial charge in [0, 0.05) is 6.08 Å². The number of hydrogen-bond acceptors (Lipinski definition) is 5. The predicted molar refractivity (Wildman–Crippen MR) is 75.6 cm³/mol. The van der Waals surface area contributed by atoms with Gasteiger partial charge in [-0.05, 0) is 18.3 Å². The monoisotopic (exact) mass is 276 g/mol. The lowest BCUT2D eigenvalue weighted by Gasteiger charge is -2.07. The van der Waals surface area contributed by atoms with E-state index >= 15 is 0 Å². The molecular weight excluding hydrogens is 263 g/mol. The molecule has 0 spiro atoms. The van der Waals surface area contributed by atoms with Crippen LogP contribution in [0.1, 0.15) is 0 Å². The second-order valence-electron chi connectivity index (χ2n) is 3.47. The first-order valence-corrected chi connectivity index (χ1v) is 5.42. The number of aromatic nitrogens is 2. The molecule has 4 N–H and O–H groups in total. The fourth-order valence-electron chi connectivity index (χ4n) is 1.39. The number of rotatable bonds is 3. The highest BCUT2D eigenvalue weighted by Gasteiger charge is 2.09. The van der Waals surface area contributed by atoms with Gasteiger partial charge in [0.15, 0.2) is 0 Å². The highest BCUT2D eigenvalue weighted by atomic mass is 19.1. The maximum absolute atomic E-state index is 13.4. The lowest BCUT2D eigenvalue weighted by atomic mass is 10.2. The second kappa shape index (κ2) is 6.83. The van der Waals surface area contributed by atoms with Crippen LogP contribution in [0.15, 0.2) is 43.9 Å². The molecule has 2 rings (SSSR count). The van der Waals surface area contributed by atoms with E-state index in [2.05, 4.69) is 28.4 Å². The molecule has 1 heterocycles. The van der Waals surface area contributed by atoms with Crippen LogP contribution >= 0.6 is 0 Å². The Balaban J connectivity index is 0.000000347. The Hall–Kier alpha value is -2.96. The quantitative estimate of drug-likeness (QED) is 0.743. The average Bonchev–Trinajstić information content (AvgIpc) is 2.43. The minimum absolute atomic E-state index is 0.203. The zero-order valence-corrected chi connectivity index (χ0v) is 10.5. The first kappa shape index (κ1) is 15.1. The van der Waals surface area contributed by atoms with Crippen LogP contribution in [-0.4, -0.2) is 21.0 Å². The number of carboxylic acids is 1. The molecule has 0 atom stereocenters. The first-order chi connectivity index (χ1) is 9.51. The highest BCUT2D eigenvalue weighted by Crippen LogP contribution is 2.27. The van der Waals surface area contributed by atoms with Crippen LogP contribution in [0, 0.1) is 5.82 Å². The van der Waals surface area contributed by atoms with E-state index in [-0.39, 0.29) is 11.3 Å². The molecule has 0 fully saturated rings. The minimum atomic E-state index is -0.981. The van der Waals surface area contributed by atoms with Crippen molar-refractivity contribution in [3.63, 3.8) is 0 Å². The standard InChI is InChI=1S/C10H9FN4.C3H4O2/c1-2-13-7-4-3-6(11)9-8(7)10(12)15-5-14-9;1-2-3(4)5/h2-5,13H,1H2,(H2,12,14,15);2H,1H2,(H,4,5). The third-order valence-corrected chi connectivity index (χ3v) is 2.20. The number of fused-ring (bicyclic) bond motifs is 1. The van der Waals surface area contributed by atoms with Crippen molar-refractivity contribution in [1.29, 1.82) is 0 Å². The Morgan fingerprint density at radius 3 is 2.60 bits per heavy atom. The summed E-state index contributed by atoms with van der Waals surface area (Å²) in [5, 5.41) is 10.9. The van der Waals surface area contributed by atoms with Gasteiger partial charge in [0.2, 0.25) is 0 Å². The van der Waals surface area contributed by atoms with Gasteiger partial charge < -0.3 is 16.2 Å². The lowest BCUT2D eigenvalue weighted by molar-refractivity contribution is -0.131. The zero-order valence-electron chi connectivity index (χ0n) is 10.5. The fourth-order valence-corrected chi connectivity index (χ4v) is 1.39. The molecule has 0 aliphatic carbocycles. The summed E-state index contributed by atoms with van der Waals surface area (Å²) in [7, 11) is 0. The van der Waals surface area contributed by atoms with Crippen LogP contribution in [0.3, 0.4) is 0 Å². The largest absolute Gasteiger partial charge is 0.478 e. The number of halogens is 1. The third kappa shape index (κ3) is 3.52. The SMILES string of the molecule is C=CC(=O)O.C=CNc1ccc(F)c2ncnc(N)c12. The molecule has 1 aromatic heterocycles. The van der Waals surface area contributed by atoms with Gasteiger partial charge in [-0.15, -0.1) is 0 Å². The molecule has 0 amide bonds. The Morgan fingerprint density at radius 1 is 1.40 bits per heavy atom. The van der Waals surface area contributed by atoms with Crippen LogP contribution < -0.4 is 11.1 Å². The number of benzene rings is 1. The smallest absolute Gasteiger partial charge is 0.327 e. The first-order valence-electron chi connectivity index (χ1n) is 5.42. The number of carboxylic acid groups (broad SMARTS) is 1. The fraction of sp³-hybridized carbons (Fsp3) is 0. The minimum Gasteiger partial charge on any atom is -0.478 e. The van der Waals surface area contributed by atoms with Gasteiger partial charge in [-0.25, -0.2) is 19.2 Å². The predicted octanol–water partition coefficient (Wildman–Crippen LogP) is 2.16. The van der Waals surface area contributed by atoms with Crippen LogP contribution in [0.2, 0.25) is 0 Å². The summed E-state index contributed by atoms with van der Waals surface area (Å²) in [4.78, 5) is 16.9. The van der Waals surface area contributed by atoms with Crippen molar-refractivity contribution in [2.45, 2.75) is 0 Å². The van der Waals surface area contributed by atoms with Gasteiger partial charge in [0.25, 0.3) is 0 Å². The van der Waals surface area contributed by atoms with Crippen molar-refractivity contribution in [1.82, 2.24) is 9.97 Å². The summed E-state index contributed by atoms with van der Waals surface area (Å²) in [6.07, 6.45) is 3.55. The van der Waals surface area contributed by atoms with Gasteiger partial charge in [-0.1, -0.05) is 13.2 Å². The van der Waals surface area contributed by atoms with Crippen molar-refractivity contribution in [3.8, 4) is 0 Å². The number of nitrogens with one attached hydrogen (secondary N) is 1. The molecule has 0 bridgehead atoms. The van der Waals surface area contributed by atoms with Crippen LogP contribution in [-0.2, 0) is 4.79 Å². The van der Waals surface area contributed by atoms with E-state index in [9.17, 15) is 9.18 Å². The molecule has 0 aliphatic rings. The Bertz CT molecular complexity index is 658. The van der Waals surface area contributed by atoms with E-state index in [1.165, 1.54) is 18.6 Å². The summed E-state index contributed by atoms with van der Waals surface area (Å²) >= 11 is 0. The van der Waals surface area contributed by atoms with E-state index in [1.807, 2.05) is 0 Å². The molecule has 2 aromatic rings. The van der Waals surface area contributed by atoms with E-state index in [4.69, 9.17) is 10.8 Å². The van der Waals surface area contributed by atoms with E-state index in [0.29, 0.717) is 11.1 Å². The molecule has 6 nitrogen and oxygen atoms in total. The Morgan fingerprint density at radius 2 is 2.05 bits per heavy atom. The maximum Gasteiger partial charge on any atom is 0.327 e. The number of carbonyl (C=O) groups is 1. The number of nitrogens with zero attached hydrogens (tertiary/aromatic N) is 2. The van der Waals surface area contributed by atoms with Crippen LogP contribution in [0.5, 0.6) is 0 Å². The van der Waals surface area contributed by atoms with Crippen molar-refractivity contribution in [2.75, 3.05) is 11.1 Å². The number of nitrogens with two attached hydrogens (primary N) is 1. The summed E-state index contributed by atoms with van der Waals surface area (Å²) < 4.78 is 13.4. The van der Waals surface area contributed by atoms with Crippen LogP contribution in [0.4, 0.5) is 15.9 Å². The molecule has 1 aromatic carbocycles. The molecule has 0 aliphatic heterocycles. The number of nitrogen functional groups attached to an aromatic ring is 1. The molecular formula is C13H13FN4O2. The summed E-state index contributed by atoms with van der Waals surface area (Å²) in [6, 6.07) is 2.89. The van der Waals surface area contributed by atoms with E-state index < -0.39 is 11.8 Å². The van der Waals surface area contributed by atoms with Gasteiger partial charge in [-0.2, -0.15) is 0 Å². The average molecular weight is 276 g/mol. The summed E-state index contributed by atoms with van der Waals surface area (Å²) in [5.41, 5.74) is 6.51. The molecule has 0 radical (unpaired) electrons. The van der Waals surface area contributed by atoms with Gasteiger partial charge >= 0.3 is 5.97 Å². The molecule has 7 heteroatoms. The van der Waals surface area contributed by atoms with Crippen LogP contribution in [0.25, 0.3) is 10.9 Å². The molecule has 0 saturated heterocycles. The summed E-state index contributed by atoms with van der Waals surface area (Å²) in [6.45, 7) is 6.49. The molecule has 0 saturated carbocycles. The van der Waals surface area contributed by atoms with Gasteiger partial charge in [-0.3, -0.25) is 0 Å². The highest BCUT2D eigenvalue weighted by molar-refractivity contribution is 5.99. The van der Waals surface area contributed by atoms with Crippen molar-refractivity contribution in [3.05, 3.63) is 49.7 Å². The van der Waals surface area contributed by atoms with Crippen molar-refractivity contribution < 1.29 is 14.3 Å². The molecule has 20 heavy (non-hydrogen) atoms. The topological polar surface area (TPSA) is 101 Å². The molecule has 0 unspecified atom stereocenters. The third-order valence-electron chi connectivity index (χ3n) is 2.20. The van der Waals surface area contributed by atoms with E-state index in [0.717, 1.165) is 6.08 Å². The number of anilines is 2. The number of hydrogen-bond donors (Lipinski definition) is 3. The maximum atomic E-state index is 13.4. The van der Waals surface area contributed by atoms with E-state index in [1.54, 1.807) is 6.07 Å².